The predicted octanol–water partition coefficient (Wildman–Crippen LogP) is 5.35. The summed E-state index contributed by atoms with van der Waals surface area (Å²) < 4.78 is 13.9. The molecule has 2 aliphatic heterocycles. The number of nitrogens with one attached hydrogen (secondary N) is 2. The molecule has 2 fully saturated rings. The standard InChI is InChI=1S/C41H43ClN8O6/c1-40(2)38(41(3,4)39(40)56-29-11-9-24(20-43)31(42)19-29)46-35(52)25-10-15-33(44-21-25)50-23-27(47-48-50)8-6-5-7-17-55-28-12-13-30-26(18-28)22-49(37(30)54)32-14-16-34(51)45-36(32)53/h9-13,15,18-19,21,23,32,38-39H,5-8,14,16-17,22H2,1-4H3,(H,46,52)(H,45,51,53). The summed E-state index contributed by atoms with van der Waals surface area (Å²) >= 11 is 6.22. The largest absolute Gasteiger partial charge is 0.494 e. The molecule has 2 aromatic heterocycles. The van der Waals surface area contributed by atoms with Crippen molar-refractivity contribution < 1.29 is 28.7 Å². The molecule has 3 aliphatic rings. The van der Waals surface area contributed by atoms with E-state index in [9.17, 15) is 24.4 Å². The molecular weight excluding hydrogens is 736 g/mol. The first-order valence-corrected chi connectivity index (χ1v) is 19.1. The lowest BCUT2D eigenvalue weighted by Crippen LogP contribution is -2.74. The third kappa shape index (κ3) is 7.55. The molecule has 1 unspecified atom stereocenters. The van der Waals surface area contributed by atoms with E-state index in [0.717, 1.165) is 36.9 Å². The maximum absolute atomic E-state index is 13.4. The van der Waals surface area contributed by atoms with Crippen LogP contribution in [-0.4, -0.2) is 73.3 Å². The highest BCUT2D eigenvalue weighted by Gasteiger charge is 2.64. The van der Waals surface area contributed by atoms with Crippen LogP contribution < -0.4 is 20.1 Å². The van der Waals surface area contributed by atoms with E-state index in [2.05, 4.69) is 59.7 Å². The van der Waals surface area contributed by atoms with Crippen molar-refractivity contribution in [2.24, 2.45) is 10.8 Å². The molecular formula is C41H43ClN8O6. The van der Waals surface area contributed by atoms with Gasteiger partial charge in [-0.05, 0) is 80.1 Å². The van der Waals surface area contributed by atoms with Crippen LogP contribution in [0, 0.1) is 22.2 Å². The molecule has 290 valence electrons. The zero-order valence-corrected chi connectivity index (χ0v) is 32.4. The predicted molar refractivity (Wildman–Crippen MR) is 204 cm³/mol. The van der Waals surface area contributed by atoms with Gasteiger partial charge in [-0.3, -0.25) is 24.5 Å². The molecule has 7 rings (SSSR count). The lowest BCUT2D eigenvalue weighted by Gasteiger charge is -2.63. The van der Waals surface area contributed by atoms with Gasteiger partial charge < -0.3 is 19.7 Å². The highest BCUT2D eigenvalue weighted by Crippen LogP contribution is 2.55. The summed E-state index contributed by atoms with van der Waals surface area (Å²) in [4.78, 5) is 56.1. The van der Waals surface area contributed by atoms with Gasteiger partial charge in [0.15, 0.2) is 5.82 Å². The number of nitrogens with zero attached hydrogens (tertiary/aromatic N) is 6. The molecule has 2 aromatic carbocycles. The second-order valence-corrected chi connectivity index (χ2v) is 16.1. The highest BCUT2D eigenvalue weighted by molar-refractivity contribution is 6.31. The van der Waals surface area contributed by atoms with E-state index in [1.54, 1.807) is 47.1 Å². The Kier molecular flexibility index (Phi) is 10.6. The van der Waals surface area contributed by atoms with Crippen molar-refractivity contribution in [2.75, 3.05) is 6.61 Å². The Balaban J connectivity index is 0.844. The van der Waals surface area contributed by atoms with Gasteiger partial charge in [0, 0.05) is 47.7 Å². The van der Waals surface area contributed by atoms with E-state index in [-0.39, 0.29) is 36.3 Å². The number of rotatable bonds is 13. The molecule has 1 saturated carbocycles. The molecule has 1 aliphatic carbocycles. The third-order valence-electron chi connectivity index (χ3n) is 11.1. The average molecular weight is 779 g/mol. The summed E-state index contributed by atoms with van der Waals surface area (Å²) in [7, 11) is 0. The maximum atomic E-state index is 13.4. The number of piperidine rings is 1. The number of halogens is 1. The Labute approximate surface area is 329 Å². The molecule has 15 heteroatoms. The second kappa shape index (κ2) is 15.4. The van der Waals surface area contributed by atoms with Gasteiger partial charge in [-0.25, -0.2) is 9.67 Å². The van der Waals surface area contributed by atoms with Crippen LogP contribution in [0.25, 0.3) is 5.82 Å². The first-order valence-electron chi connectivity index (χ1n) is 18.7. The lowest BCUT2D eigenvalue weighted by molar-refractivity contribution is -0.164. The molecule has 0 spiro atoms. The van der Waals surface area contributed by atoms with Crippen molar-refractivity contribution in [3.05, 3.63) is 93.9 Å². The number of benzene rings is 2. The number of fused-ring (bicyclic) bond motifs is 1. The van der Waals surface area contributed by atoms with Crippen LogP contribution in [0.3, 0.4) is 0 Å². The summed E-state index contributed by atoms with van der Waals surface area (Å²) in [6.45, 7) is 9.04. The molecule has 1 atom stereocenters. The Morgan fingerprint density at radius 3 is 2.54 bits per heavy atom. The number of pyridine rings is 1. The van der Waals surface area contributed by atoms with Crippen molar-refractivity contribution in [1.29, 1.82) is 5.26 Å². The van der Waals surface area contributed by atoms with Crippen LogP contribution in [0.2, 0.25) is 5.02 Å². The van der Waals surface area contributed by atoms with Gasteiger partial charge in [-0.2, -0.15) is 5.26 Å². The quantitative estimate of drug-likeness (QED) is 0.133. The molecule has 4 amide bonds. The van der Waals surface area contributed by atoms with Gasteiger partial charge in [0.05, 0.1) is 34.6 Å². The maximum Gasteiger partial charge on any atom is 0.255 e. The Hall–Kier alpha value is -5.81. The summed E-state index contributed by atoms with van der Waals surface area (Å²) in [5.74, 6) is 0.606. The van der Waals surface area contributed by atoms with Gasteiger partial charge in [0.1, 0.15) is 29.7 Å². The van der Waals surface area contributed by atoms with Crippen molar-refractivity contribution in [3.8, 4) is 23.4 Å². The number of carbonyl (C=O) groups excluding carboxylic acids is 4. The van der Waals surface area contributed by atoms with Crippen LogP contribution >= 0.6 is 11.6 Å². The number of ether oxygens (including phenoxy) is 2. The number of carbonyl (C=O) groups is 4. The number of hydrogen-bond acceptors (Lipinski definition) is 10. The first kappa shape index (κ1) is 38.5. The number of hydrogen-bond donors (Lipinski definition) is 2. The van der Waals surface area contributed by atoms with E-state index < -0.39 is 22.8 Å². The Bertz CT molecular complexity index is 2210. The number of aryl methyl sites for hydroxylation is 1. The monoisotopic (exact) mass is 778 g/mol. The average Bonchev–Trinajstić information content (AvgIpc) is 3.78. The fraction of sp³-hybridized carbons (Fsp3) is 0.415. The number of amides is 4. The van der Waals surface area contributed by atoms with Gasteiger partial charge in [-0.15, -0.1) is 5.10 Å². The molecule has 2 N–H and O–H groups in total. The third-order valence-corrected chi connectivity index (χ3v) is 11.4. The summed E-state index contributed by atoms with van der Waals surface area (Å²) in [6.07, 6.45) is 7.05. The molecule has 0 radical (unpaired) electrons. The number of nitriles is 1. The minimum absolute atomic E-state index is 0.184. The second-order valence-electron chi connectivity index (χ2n) is 15.7. The Morgan fingerprint density at radius 1 is 1.04 bits per heavy atom. The Morgan fingerprint density at radius 2 is 1.82 bits per heavy atom. The van der Waals surface area contributed by atoms with E-state index in [0.29, 0.717) is 58.6 Å². The number of unbranched alkanes of at least 4 members (excludes halogenated alkanes) is 2. The minimum Gasteiger partial charge on any atom is -0.494 e. The van der Waals surface area contributed by atoms with E-state index >= 15 is 0 Å². The van der Waals surface area contributed by atoms with E-state index in [1.165, 1.54) is 11.1 Å². The van der Waals surface area contributed by atoms with Gasteiger partial charge in [0.25, 0.3) is 11.8 Å². The highest BCUT2D eigenvalue weighted by atomic mass is 35.5. The van der Waals surface area contributed by atoms with Crippen molar-refractivity contribution >= 4 is 35.2 Å². The van der Waals surface area contributed by atoms with Gasteiger partial charge in [-0.1, -0.05) is 44.5 Å². The summed E-state index contributed by atoms with van der Waals surface area (Å²) in [6, 6.07) is 15.1. The van der Waals surface area contributed by atoms with Crippen LogP contribution in [0.1, 0.15) is 97.3 Å². The van der Waals surface area contributed by atoms with Gasteiger partial charge >= 0.3 is 0 Å². The van der Waals surface area contributed by atoms with E-state index in [1.807, 2.05) is 12.3 Å². The molecule has 1 saturated heterocycles. The summed E-state index contributed by atoms with van der Waals surface area (Å²) in [5.41, 5.74) is 2.21. The van der Waals surface area contributed by atoms with Crippen molar-refractivity contribution in [3.63, 3.8) is 0 Å². The van der Waals surface area contributed by atoms with Gasteiger partial charge in [0.2, 0.25) is 11.8 Å². The smallest absolute Gasteiger partial charge is 0.255 e. The van der Waals surface area contributed by atoms with Crippen molar-refractivity contribution in [1.82, 2.24) is 35.5 Å². The zero-order chi connectivity index (χ0) is 39.8. The van der Waals surface area contributed by atoms with Crippen molar-refractivity contribution in [2.45, 2.75) is 91.0 Å². The normalized spacial score (nSPS) is 20.8. The fourth-order valence-electron chi connectivity index (χ4n) is 8.41. The zero-order valence-electron chi connectivity index (χ0n) is 31.7. The number of aromatic nitrogens is 4. The molecule has 56 heavy (non-hydrogen) atoms. The fourth-order valence-corrected chi connectivity index (χ4v) is 8.62. The van der Waals surface area contributed by atoms with Crippen LogP contribution in [0.15, 0.2) is 60.9 Å². The first-order chi connectivity index (χ1) is 26.8. The molecule has 4 heterocycles. The van der Waals surface area contributed by atoms with Crippen LogP contribution in [0.5, 0.6) is 11.5 Å². The van der Waals surface area contributed by atoms with Crippen LogP contribution in [-0.2, 0) is 22.6 Å². The minimum atomic E-state index is -0.645. The van der Waals surface area contributed by atoms with E-state index in [4.69, 9.17) is 21.1 Å². The molecule has 4 aromatic rings. The summed E-state index contributed by atoms with van der Waals surface area (Å²) in [5, 5.41) is 23.6. The SMILES string of the molecule is CC1(C)C(NC(=O)c2ccc(-n3cc(CCCCCOc4ccc5c(c4)CN(C4CCC(=O)NC4=O)C5=O)nn3)nc2)C(C)(C)C1Oc1ccc(C#N)c(Cl)c1. The lowest BCUT2D eigenvalue weighted by atomic mass is 9.49. The molecule has 14 nitrogen and oxygen atoms in total. The molecule has 0 bridgehead atoms. The number of imide groups is 1. The topological polar surface area (TPSA) is 181 Å². The van der Waals surface area contributed by atoms with Crippen LogP contribution in [0.4, 0.5) is 0 Å².